The van der Waals surface area contributed by atoms with Crippen LogP contribution < -0.4 is 0 Å². The first kappa shape index (κ1) is 10.9. The maximum absolute atomic E-state index is 13.4. The van der Waals surface area contributed by atoms with Gasteiger partial charge in [0.1, 0.15) is 5.82 Å². The second-order valence-electron chi connectivity index (χ2n) is 2.64. The van der Waals surface area contributed by atoms with Gasteiger partial charge in [-0.2, -0.15) is 0 Å². The molecule has 0 bridgehead atoms. The van der Waals surface area contributed by atoms with Gasteiger partial charge in [-0.1, -0.05) is 31.9 Å². The molecule has 0 unspecified atom stereocenters. The summed E-state index contributed by atoms with van der Waals surface area (Å²) in [7, 11) is 0. The highest BCUT2D eigenvalue weighted by Gasteiger charge is 2.13. The van der Waals surface area contributed by atoms with Crippen molar-refractivity contribution in [2.24, 2.45) is 0 Å². The Balaban J connectivity index is 3.28. The van der Waals surface area contributed by atoms with Crippen LogP contribution >= 0.6 is 31.9 Å². The van der Waals surface area contributed by atoms with Gasteiger partial charge in [0.15, 0.2) is 5.78 Å². The van der Waals surface area contributed by atoms with E-state index in [0.717, 1.165) is 4.47 Å². The molecule has 0 aliphatic rings. The number of alkyl halides is 1. The lowest BCUT2D eigenvalue weighted by Crippen LogP contribution is -2.04. The zero-order valence-electron chi connectivity index (χ0n) is 6.90. The molecule has 1 aromatic carbocycles. The fourth-order valence-corrected chi connectivity index (χ4v) is 1.87. The molecule has 0 aromatic heterocycles. The van der Waals surface area contributed by atoms with Crippen LogP contribution in [0.3, 0.4) is 0 Å². The molecule has 0 fully saturated rings. The van der Waals surface area contributed by atoms with E-state index in [1.54, 1.807) is 13.0 Å². The Morgan fingerprint density at radius 2 is 2.15 bits per heavy atom. The Kier molecular flexibility index (Phi) is 3.62. The molecule has 0 radical (unpaired) electrons. The third-order valence-electron chi connectivity index (χ3n) is 1.64. The molecule has 1 rings (SSSR count). The second-order valence-corrected chi connectivity index (χ2v) is 4.12. The van der Waals surface area contributed by atoms with E-state index in [4.69, 9.17) is 0 Å². The van der Waals surface area contributed by atoms with E-state index in [2.05, 4.69) is 31.9 Å². The molecule has 0 atom stereocenters. The number of aryl methyl sites for hydroxylation is 1. The van der Waals surface area contributed by atoms with E-state index in [0.29, 0.717) is 5.56 Å². The molecule has 0 spiro atoms. The monoisotopic (exact) mass is 308 g/mol. The largest absolute Gasteiger partial charge is 0.293 e. The lowest BCUT2D eigenvalue weighted by Gasteiger charge is -2.03. The lowest BCUT2D eigenvalue weighted by molar-refractivity contribution is 0.102. The van der Waals surface area contributed by atoms with Gasteiger partial charge in [0.2, 0.25) is 0 Å². The van der Waals surface area contributed by atoms with Crippen molar-refractivity contribution >= 4 is 37.6 Å². The zero-order valence-corrected chi connectivity index (χ0v) is 10.1. The number of carbonyl (C=O) groups excluding carboxylic acids is 1. The average molecular weight is 310 g/mol. The maximum Gasteiger partial charge on any atom is 0.176 e. The molecule has 0 aliphatic heterocycles. The second kappa shape index (κ2) is 4.33. The number of benzene rings is 1. The molecular formula is C9H7Br2FO. The van der Waals surface area contributed by atoms with Gasteiger partial charge in [0.05, 0.1) is 10.9 Å². The highest BCUT2D eigenvalue weighted by atomic mass is 79.9. The summed E-state index contributed by atoms with van der Waals surface area (Å²) < 4.78 is 14.1. The molecule has 0 saturated heterocycles. The molecular weight excluding hydrogens is 303 g/mol. The third-order valence-corrected chi connectivity index (χ3v) is 2.61. The SMILES string of the molecule is Cc1cc(Br)cc(C(=O)CBr)c1F. The first-order chi connectivity index (χ1) is 6.06. The van der Waals surface area contributed by atoms with Gasteiger partial charge in [0.25, 0.3) is 0 Å². The van der Waals surface area contributed by atoms with Crippen LogP contribution in [0.25, 0.3) is 0 Å². The number of halogens is 3. The van der Waals surface area contributed by atoms with Crippen LogP contribution in [0.2, 0.25) is 0 Å². The standard InChI is InChI=1S/C9H7Br2FO/c1-5-2-6(11)3-7(9(5)12)8(13)4-10/h2-3H,4H2,1H3. The van der Waals surface area contributed by atoms with Gasteiger partial charge in [-0.15, -0.1) is 0 Å². The van der Waals surface area contributed by atoms with Crippen LogP contribution in [-0.2, 0) is 0 Å². The molecule has 0 aliphatic carbocycles. The minimum absolute atomic E-state index is 0.128. The maximum atomic E-state index is 13.4. The van der Waals surface area contributed by atoms with E-state index in [1.165, 1.54) is 6.07 Å². The first-order valence-corrected chi connectivity index (χ1v) is 5.52. The molecule has 1 nitrogen and oxygen atoms in total. The number of Topliss-reactive ketones (excluding diaryl/α,β-unsaturated/α-hetero) is 1. The molecule has 0 saturated carbocycles. The molecule has 13 heavy (non-hydrogen) atoms. The topological polar surface area (TPSA) is 17.1 Å². The van der Waals surface area contributed by atoms with Gasteiger partial charge in [-0.3, -0.25) is 4.79 Å². The zero-order chi connectivity index (χ0) is 10.0. The lowest BCUT2D eigenvalue weighted by atomic mass is 10.1. The number of rotatable bonds is 2. The quantitative estimate of drug-likeness (QED) is 0.604. The summed E-state index contributed by atoms with van der Waals surface area (Å²) in [6, 6.07) is 3.13. The summed E-state index contributed by atoms with van der Waals surface area (Å²) in [6.07, 6.45) is 0. The van der Waals surface area contributed by atoms with Crippen LogP contribution in [0, 0.1) is 12.7 Å². The summed E-state index contributed by atoms with van der Waals surface area (Å²) >= 11 is 6.21. The van der Waals surface area contributed by atoms with Crippen molar-refractivity contribution in [2.75, 3.05) is 5.33 Å². The highest BCUT2D eigenvalue weighted by Crippen LogP contribution is 2.20. The smallest absolute Gasteiger partial charge is 0.176 e. The van der Waals surface area contributed by atoms with E-state index < -0.39 is 5.82 Å². The Hall–Kier alpha value is -0.220. The highest BCUT2D eigenvalue weighted by molar-refractivity contribution is 9.10. The van der Waals surface area contributed by atoms with Gasteiger partial charge in [-0.25, -0.2) is 4.39 Å². The number of hydrogen-bond acceptors (Lipinski definition) is 1. The number of carbonyl (C=O) groups is 1. The van der Waals surface area contributed by atoms with Crippen LogP contribution in [0.15, 0.2) is 16.6 Å². The van der Waals surface area contributed by atoms with Gasteiger partial charge >= 0.3 is 0 Å². The van der Waals surface area contributed by atoms with Crippen molar-refractivity contribution in [3.8, 4) is 0 Å². The van der Waals surface area contributed by atoms with Crippen molar-refractivity contribution in [3.63, 3.8) is 0 Å². The van der Waals surface area contributed by atoms with E-state index in [-0.39, 0.29) is 16.7 Å². The summed E-state index contributed by atoms with van der Waals surface area (Å²) in [6.45, 7) is 1.63. The minimum Gasteiger partial charge on any atom is -0.293 e. The fraction of sp³-hybridized carbons (Fsp3) is 0.222. The van der Waals surface area contributed by atoms with Gasteiger partial charge < -0.3 is 0 Å². The van der Waals surface area contributed by atoms with Crippen molar-refractivity contribution in [2.45, 2.75) is 6.92 Å². The van der Waals surface area contributed by atoms with E-state index >= 15 is 0 Å². The van der Waals surface area contributed by atoms with E-state index in [9.17, 15) is 9.18 Å². The van der Waals surface area contributed by atoms with E-state index in [1.807, 2.05) is 0 Å². The normalized spacial score (nSPS) is 10.2. The third kappa shape index (κ3) is 2.38. The number of hydrogen-bond donors (Lipinski definition) is 0. The summed E-state index contributed by atoms with van der Waals surface area (Å²) in [5.74, 6) is -0.686. The Labute approximate surface area is 92.6 Å². The first-order valence-electron chi connectivity index (χ1n) is 3.61. The predicted octanol–water partition coefficient (Wildman–Crippen LogP) is 3.47. The summed E-state index contributed by atoms with van der Waals surface area (Å²) in [5, 5.41) is 0.139. The molecule has 0 amide bonds. The van der Waals surface area contributed by atoms with Crippen LogP contribution in [0.4, 0.5) is 4.39 Å². The van der Waals surface area contributed by atoms with Crippen LogP contribution in [0.5, 0.6) is 0 Å². The fourth-order valence-electron chi connectivity index (χ4n) is 1.00. The molecule has 1 aromatic rings. The predicted molar refractivity (Wildman–Crippen MR) is 57.0 cm³/mol. The van der Waals surface area contributed by atoms with Gasteiger partial charge in [0, 0.05) is 4.47 Å². The Morgan fingerprint density at radius 1 is 1.54 bits per heavy atom. The summed E-state index contributed by atoms with van der Waals surface area (Å²) in [5.41, 5.74) is 0.599. The molecule has 0 N–H and O–H groups in total. The molecule has 4 heteroatoms. The van der Waals surface area contributed by atoms with Crippen molar-refractivity contribution in [1.82, 2.24) is 0 Å². The Morgan fingerprint density at radius 3 is 2.69 bits per heavy atom. The van der Waals surface area contributed by atoms with Crippen molar-refractivity contribution < 1.29 is 9.18 Å². The minimum atomic E-state index is -0.437. The molecule has 0 heterocycles. The van der Waals surface area contributed by atoms with Crippen molar-refractivity contribution in [3.05, 3.63) is 33.5 Å². The number of ketones is 1. The molecule has 70 valence electrons. The van der Waals surface area contributed by atoms with Crippen LogP contribution in [0.1, 0.15) is 15.9 Å². The summed E-state index contributed by atoms with van der Waals surface area (Å²) in [4.78, 5) is 11.2. The Bertz CT molecular complexity index is 350. The van der Waals surface area contributed by atoms with Crippen molar-refractivity contribution in [1.29, 1.82) is 0 Å². The van der Waals surface area contributed by atoms with Gasteiger partial charge in [-0.05, 0) is 24.6 Å². The van der Waals surface area contributed by atoms with Crippen LogP contribution in [-0.4, -0.2) is 11.1 Å². The average Bonchev–Trinajstić information content (AvgIpc) is 2.10.